The molecule has 5 aromatic rings. The van der Waals surface area contributed by atoms with Gasteiger partial charge in [0.05, 0.1) is 11.4 Å². The molecule has 0 saturated heterocycles. The van der Waals surface area contributed by atoms with Crippen molar-refractivity contribution in [2.45, 2.75) is 26.2 Å². The summed E-state index contributed by atoms with van der Waals surface area (Å²) < 4.78 is 6.59. The molecule has 0 aliphatic carbocycles. The van der Waals surface area contributed by atoms with E-state index in [0.717, 1.165) is 68.2 Å². The van der Waals surface area contributed by atoms with Crippen LogP contribution in [0.25, 0.3) is 22.3 Å². The second kappa shape index (κ2) is 10.3. The van der Waals surface area contributed by atoms with E-state index in [0.29, 0.717) is 0 Å². The second-order valence-corrected chi connectivity index (χ2v) is 9.82. The molecule has 4 radical (unpaired) electrons. The standard InChI is InChI=1S/C34H27B2NO/c1-2-3-4-23-5-17-30(18-6-23)37-31-19-11-26(24-7-13-28(35)14-8-24)21-33(31)38-34-22-27(12-20-32(34)37)25-9-15-29(36)16-10-25/h5-22H,2-4H2,1H3. The predicted molar refractivity (Wildman–Crippen MR) is 161 cm³/mol. The Morgan fingerprint density at radius 2 is 1.05 bits per heavy atom. The monoisotopic (exact) mass is 487 g/mol. The van der Waals surface area contributed by atoms with Gasteiger partial charge in [-0.25, -0.2) is 0 Å². The first-order valence-corrected chi connectivity index (χ1v) is 13.2. The lowest BCUT2D eigenvalue weighted by molar-refractivity contribution is 0.477. The number of nitrogens with zero attached hydrogens (tertiary/aromatic N) is 1. The van der Waals surface area contributed by atoms with Gasteiger partial charge < -0.3 is 9.64 Å². The number of benzene rings is 5. The first-order chi connectivity index (χ1) is 18.6. The fraction of sp³-hybridized carbons (Fsp3) is 0.118. The third-order valence-corrected chi connectivity index (χ3v) is 7.12. The van der Waals surface area contributed by atoms with Crippen molar-refractivity contribution >= 4 is 43.7 Å². The molecule has 0 amide bonds. The number of hydrogen-bond donors (Lipinski definition) is 0. The van der Waals surface area contributed by atoms with Crippen LogP contribution in [-0.2, 0) is 6.42 Å². The Hall–Kier alpha value is -4.17. The maximum atomic E-state index is 6.59. The smallest absolute Gasteiger partial charge is 0.152 e. The highest BCUT2D eigenvalue weighted by molar-refractivity contribution is 6.32. The van der Waals surface area contributed by atoms with Gasteiger partial charge >= 0.3 is 0 Å². The Kier molecular flexibility index (Phi) is 6.55. The van der Waals surface area contributed by atoms with Gasteiger partial charge in [-0.15, -0.1) is 0 Å². The van der Waals surface area contributed by atoms with Crippen LogP contribution in [0.4, 0.5) is 17.1 Å². The molecule has 0 unspecified atom stereocenters. The molecule has 5 aromatic carbocycles. The van der Waals surface area contributed by atoms with E-state index in [1.54, 1.807) is 0 Å². The van der Waals surface area contributed by atoms with Crippen LogP contribution in [0.1, 0.15) is 25.3 Å². The van der Waals surface area contributed by atoms with Crippen molar-refractivity contribution < 1.29 is 4.74 Å². The van der Waals surface area contributed by atoms with Crippen LogP contribution in [0.15, 0.2) is 109 Å². The van der Waals surface area contributed by atoms with Crippen molar-refractivity contribution in [3.05, 3.63) is 115 Å². The molecule has 0 saturated carbocycles. The van der Waals surface area contributed by atoms with Gasteiger partial charge in [-0.05, 0) is 77.1 Å². The Labute approximate surface area is 227 Å². The molecule has 0 atom stereocenters. The lowest BCUT2D eigenvalue weighted by Gasteiger charge is -2.33. The molecule has 38 heavy (non-hydrogen) atoms. The van der Waals surface area contributed by atoms with Gasteiger partial charge in [-0.3, -0.25) is 0 Å². The van der Waals surface area contributed by atoms with Crippen LogP contribution >= 0.6 is 0 Å². The van der Waals surface area contributed by atoms with E-state index < -0.39 is 0 Å². The van der Waals surface area contributed by atoms with E-state index in [-0.39, 0.29) is 0 Å². The van der Waals surface area contributed by atoms with Gasteiger partial charge in [0, 0.05) is 5.69 Å². The van der Waals surface area contributed by atoms with Crippen molar-refractivity contribution in [1.82, 2.24) is 0 Å². The quantitative estimate of drug-likeness (QED) is 0.225. The van der Waals surface area contributed by atoms with Crippen LogP contribution in [0.2, 0.25) is 0 Å². The molecule has 2 nitrogen and oxygen atoms in total. The number of anilines is 3. The van der Waals surface area contributed by atoms with Crippen LogP contribution in [0.3, 0.4) is 0 Å². The van der Waals surface area contributed by atoms with Gasteiger partial charge in [-0.2, -0.15) is 0 Å². The first kappa shape index (κ1) is 24.2. The topological polar surface area (TPSA) is 12.5 Å². The fourth-order valence-electron chi connectivity index (χ4n) is 4.99. The summed E-state index contributed by atoms with van der Waals surface area (Å²) in [6, 6.07) is 37.6. The molecule has 1 heterocycles. The number of ether oxygens (including phenoxy) is 1. The number of aryl methyl sites for hydroxylation is 1. The average molecular weight is 487 g/mol. The summed E-state index contributed by atoms with van der Waals surface area (Å²) in [7, 11) is 11.8. The fourth-order valence-corrected chi connectivity index (χ4v) is 4.99. The molecular formula is C34H27B2NO. The molecule has 1 aliphatic rings. The molecule has 180 valence electrons. The maximum Gasteiger partial charge on any atom is 0.152 e. The Morgan fingerprint density at radius 3 is 1.53 bits per heavy atom. The van der Waals surface area contributed by atoms with Crippen molar-refractivity contribution in [2.24, 2.45) is 0 Å². The molecule has 0 bridgehead atoms. The van der Waals surface area contributed by atoms with Crippen molar-refractivity contribution in [1.29, 1.82) is 0 Å². The van der Waals surface area contributed by atoms with E-state index in [1.165, 1.54) is 18.4 Å². The van der Waals surface area contributed by atoms with Crippen LogP contribution in [-0.4, -0.2) is 15.7 Å². The number of hydrogen-bond acceptors (Lipinski definition) is 2. The summed E-state index contributed by atoms with van der Waals surface area (Å²) in [5.74, 6) is 1.63. The molecule has 4 heteroatoms. The summed E-state index contributed by atoms with van der Waals surface area (Å²) in [5, 5.41) is 0. The number of rotatable bonds is 6. The van der Waals surface area contributed by atoms with Crippen molar-refractivity contribution in [2.75, 3.05) is 4.90 Å². The second-order valence-electron chi connectivity index (χ2n) is 9.82. The van der Waals surface area contributed by atoms with Crippen molar-refractivity contribution in [3.63, 3.8) is 0 Å². The molecule has 0 N–H and O–H groups in total. The summed E-state index contributed by atoms with van der Waals surface area (Å²) in [6.07, 6.45) is 3.49. The number of unbranched alkanes of at least 4 members (excludes halogenated alkanes) is 1. The highest BCUT2D eigenvalue weighted by Crippen LogP contribution is 2.52. The normalized spacial score (nSPS) is 12.0. The van der Waals surface area contributed by atoms with E-state index >= 15 is 0 Å². The lowest BCUT2D eigenvalue weighted by Crippen LogP contribution is -2.16. The Bertz CT molecular complexity index is 1480. The minimum atomic E-state index is 0.751. The zero-order valence-corrected chi connectivity index (χ0v) is 21.5. The molecule has 0 spiro atoms. The predicted octanol–water partition coefficient (Wildman–Crippen LogP) is 7.53. The summed E-state index contributed by atoms with van der Waals surface area (Å²) in [6.45, 7) is 2.23. The molecule has 0 aromatic heterocycles. The van der Waals surface area contributed by atoms with E-state index in [1.807, 2.05) is 48.5 Å². The average Bonchev–Trinajstić information content (AvgIpc) is 2.95. The highest BCUT2D eigenvalue weighted by atomic mass is 16.5. The van der Waals surface area contributed by atoms with Gasteiger partial charge in [-0.1, -0.05) is 97.1 Å². The molecular weight excluding hydrogens is 460 g/mol. The highest BCUT2D eigenvalue weighted by Gasteiger charge is 2.27. The van der Waals surface area contributed by atoms with Gasteiger partial charge in [0.15, 0.2) is 11.5 Å². The maximum absolute atomic E-state index is 6.59. The third-order valence-electron chi connectivity index (χ3n) is 7.12. The van der Waals surface area contributed by atoms with Gasteiger partial charge in [0.2, 0.25) is 0 Å². The first-order valence-electron chi connectivity index (χ1n) is 13.2. The molecule has 1 aliphatic heterocycles. The van der Waals surface area contributed by atoms with Crippen LogP contribution < -0.4 is 20.6 Å². The summed E-state index contributed by atoms with van der Waals surface area (Å²) >= 11 is 0. The van der Waals surface area contributed by atoms with E-state index in [2.05, 4.69) is 72.5 Å². The minimum absolute atomic E-state index is 0.751. The molecule has 0 fully saturated rings. The van der Waals surface area contributed by atoms with Crippen molar-refractivity contribution in [3.8, 4) is 33.8 Å². The summed E-state index contributed by atoms with van der Waals surface area (Å²) in [4.78, 5) is 2.29. The lowest BCUT2D eigenvalue weighted by atomic mass is 9.93. The van der Waals surface area contributed by atoms with Crippen LogP contribution in [0.5, 0.6) is 11.5 Å². The zero-order chi connectivity index (χ0) is 26.1. The largest absolute Gasteiger partial charge is 0.453 e. The number of fused-ring (bicyclic) bond motifs is 2. The van der Waals surface area contributed by atoms with Gasteiger partial charge in [0.25, 0.3) is 0 Å². The van der Waals surface area contributed by atoms with Gasteiger partial charge in [0.1, 0.15) is 15.7 Å². The van der Waals surface area contributed by atoms with E-state index in [9.17, 15) is 0 Å². The Balaban J connectivity index is 1.45. The zero-order valence-electron chi connectivity index (χ0n) is 21.5. The van der Waals surface area contributed by atoms with Crippen LogP contribution in [0, 0.1) is 0 Å². The molecule has 6 rings (SSSR count). The Morgan fingerprint density at radius 1 is 0.579 bits per heavy atom. The van der Waals surface area contributed by atoms with E-state index in [4.69, 9.17) is 20.4 Å². The third kappa shape index (κ3) is 4.75. The summed E-state index contributed by atoms with van der Waals surface area (Å²) in [5.41, 5.74) is 10.3. The minimum Gasteiger partial charge on any atom is -0.453 e. The SMILES string of the molecule is [B]c1ccc(-c2ccc3c(c2)Oc2cc(-c4ccc([B])cc4)ccc2N3c2ccc(CCCC)cc2)cc1.